The molecule has 1 aliphatic rings. The van der Waals surface area contributed by atoms with E-state index in [1.807, 2.05) is 35.7 Å². The van der Waals surface area contributed by atoms with Crippen LogP contribution in [-0.4, -0.2) is 33.4 Å². The van der Waals surface area contributed by atoms with Crippen molar-refractivity contribution in [2.45, 2.75) is 0 Å². The van der Waals surface area contributed by atoms with Crippen LogP contribution >= 0.6 is 11.3 Å². The fraction of sp³-hybridized carbons (Fsp3) is 0.0476. The predicted octanol–water partition coefficient (Wildman–Crippen LogP) is 3.99. The highest BCUT2D eigenvalue weighted by atomic mass is 32.1. The van der Waals surface area contributed by atoms with Crippen molar-refractivity contribution < 1.29 is 14.3 Å². The number of amides is 2. The lowest BCUT2D eigenvalue weighted by atomic mass is 10.1. The van der Waals surface area contributed by atoms with E-state index in [1.54, 1.807) is 24.3 Å². The van der Waals surface area contributed by atoms with Gasteiger partial charge in [-0.15, -0.1) is 11.3 Å². The lowest BCUT2D eigenvalue weighted by molar-refractivity contribution is 0.0519. The zero-order valence-corrected chi connectivity index (χ0v) is 15.3. The maximum atomic E-state index is 12.5. The molecule has 136 valence electrons. The number of carbonyl (C=O) groups excluding carboxylic acids is 2. The summed E-state index contributed by atoms with van der Waals surface area (Å²) in [5.41, 5.74) is 2.77. The fourth-order valence-corrected chi connectivity index (χ4v) is 4.18. The van der Waals surface area contributed by atoms with E-state index in [4.69, 9.17) is 4.74 Å². The summed E-state index contributed by atoms with van der Waals surface area (Å²) in [4.78, 5) is 35.5. The van der Waals surface area contributed by atoms with E-state index in [9.17, 15) is 9.59 Å². The molecule has 7 heteroatoms. The van der Waals surface area contributed by atoms with Gasteiger partial charge in [0.25, 0.3) is 11.8 Å². The van der Waals surface area contributed by atoms with Crippen LogP contribution in [0.1, 0.15) is 20.7 Å². The normalized spacial score (nSPS) is 13.2. The summed E-state index contributed by atoms with van der Waals surface area (Å²) in [5.74, 6) is -0.374. The third-order valence-corrected chi connectivity index (χ3v) is 5.52. The lowest BCUT2D eigenvalue weighted by Crippen LogP contribution is -2.33. The lowest BCUT2D eigenvalue weighted by Gasteiger charge is -2.15. The van der Waals surface area contributed by atoms with Crippen LogP contribution in [0.2, 0.25) is 0 Å². The van der Waals surface area contributed by atoms with Crippen molar-refractivity contribution in [1.82, 2.24) is 14.9 Å². The number of rotatable bonds is 4. The Labute approximate surface area is 164 Å². The number of imide groups is 1. The molecule has 5 rings (SSSR count). The average molecular weight is 387 g/mol. The van der Waals surface area contributed by atoms with Gasteiger partial charge in [0.05, 0.1) is 16.5 Å². The molecule has 0 spiro atoms. The van der Waals surface area contributed by atoms with Crippen molar-refractivity contribution in [3.05, 3.63) is 77.4 Å². The second-order valence-corrected chi connectivity index (χ2v) is 7.09. The standard InChI is InChI=1S/C21H13N3O3S/c25-20-14-8-4-5-9-15(14)21(26)24(20)12-27-18-17-16(13-6-2-1-3-7-13)10-28-19(17)23-11-22-18/h1-11H,12H2. The number of hydrogen-bond donors (Lipinski definition) is 0. The van der Waals surface area contributed by atoms with Gasteiger partial charge in [-0.3, -0.25) is 9.59 Å². The van der Waals surface area contributed by atoms with Crippen LogP contribution in [0, 0.1) is 0 Å². The van der Waals surface area contributed by atoms with Crippen molar-refractivity contribution in [3.8, 4) is 17.0 Å². The molecule has 0 saturated carbocycles. The van der Waals surface area contributed by atoms with Crippen molar-refractivity contribution in [2.75, 3.05) is 6.73 Å². The number of aromatic nitrogens is 2. The van der Waals surface area contributed by atoms with Gasteiger partial charge in [-0.1, -0.05) is 42.5 Å². The van der Waals surface area contributed by atoms with E-state index in [2.05, 4.69) is 9.97 Å². The molecule has 1 aliphatic heterocycles. The van der Waals surface area contributed by atoms with Crippen LogP contribution in [0.4, 0.5) is 0 Å². The van der Waals surface area contributed by atoms with Gasteiger partial charge in [-0.05, 0) is 17.7 Å². The molecular formula is C21H13N3O3S. The summed E-state index contributed by atoms with van der Waals surface area (Å²) in [5, 5.41) is 2.78. The van der Waals surface area contributed by atoms with Gasteiger partial charge in [0, 0.05) is 10.9 Å². The molecule has 0 atom stereocenters. The summed E-state index contributed by atoms with van der Waals surface area (Å²) < 4.78 is 5.84. The largest absolute Gasteiger partial charge is 0.455 e. The van der Waals surface area contributed by atoms with Crippen molar-refractivity contribution in [1.29, 1.82) is 0 Å². The average Bonchev–Trinajstić information content (AvgIpc) is 3.28. The highest BCUT2D eigenvalue weighted by molar-refractivity contribution is 7.17. The van der Waals surface area contributed by atoms with Gasteiger partial charge in [-0.2, -0.15) is 0 Å². The smallest absolute Gasteiger partial charge is 0.264 e. The Bertz CT molecular complexity index is 1190. The molecule has 2 aromatic carbocycles. The van der Waals surface area contributed by atoms with E-state index in [0.29, 0.717) is 17.0 Å². The zero-order chi connectivity index (χ0) is 19.1. The minimum Gasteiger partial charge on any atom is -0.455 e. The Balaban J connectivity index is 1.48. The zero-order valence-electron chi connectivity index (χ0n) is 14.5. The monoisotopic (exact) mass is 387 g/mol. The van der Waals surface area contributed by atoms with Gasteiger partial charge >= 0.3 is 0 Å². The van der Waals surface area contributed by atoms with Gasteiger partial charge in [0.1, 0.15) is 11.2 Å². The summed E-state index contributed by atoms with van der Waals surface area (Å²) in [6.07, 6.45) is 1.42. The Morgan fingerprint density at radius 2 is 1.54 bits per heavy atom. The third-order valence-electron chi connectivity index (χ3n) is 4.63. The van der Waals surface area contributed by atoms with Crippen molar-refractivity contribution in [3.63, 3.8) is 0 Å². The van der Waals surface area contributed by atoms with Crippen molar-refractivity contribution >= 4 is 33.4 Å². The summed E-state index contributed by atoms with van der Waals surface area (Å²) >= 11 is 1.49. The van der Waals surface area contributed by atoms with Crippen LogP contribution in [0.5, 0.6) is 5.88 Å². The van der Waals surface area contributed by atoms with E-state index < -0.39 is 0 Å². The molecule has 4 aromatic rings. The SMILES string of the molecule is O=C1c2ccccc2C(=O)N1COc1ncnc2scc(-c3ccccc3)c12. The van der Waals surface area contributed by atoms with E-state index in [-0.39, 0.29) is 18.5 Å². The molecule has 2 aromatic heterocycles. The maximum Gasteiger partial charge on any atom is 0.264 e. The van der Waals surface area contributed by atoms with Gasteiger partial charge in [-0.25, -0.2) is 14.9 Å². The fourth-order valence-electron chi connectivity index (χ4n) is 3.27. The Hall–Kier alpha value is -3.58. The molecule has 0 N–H and O–H groups in total. The number of fused-ring (bicyclic) bond motifs is 2. The summed E-state index contributed by atoms with van der Waals surface area (Å²) in [6.45, 7) is -0.206. The van der Waals surface area contributed by atoms with E-state index >= 15 is 0 Å². The molecule has 0 bridgehead atoms. The molecule has 3 heterocycles. The topological polar surface area (TPSA) is 72.4 Å². The minimum atomic E-state index is -0.362. The maximum absolute atomic E-state index is 12.5. The van der Waals surface area contributed by atoms with E-state index in [1.165, 1.54) is 17.7 Å². The van der Waals surface area contributed by atoms with Gasteiger partial charge in [0.2, 0.25) is 5.88 Å². The first kappa shape index (κ1) is 16.6. The first-order valence-corrected chi connectivity index (χ1v) is 9.47. The Morgan fingerprint density at radius 3 is 2.25 bits per heavy atom. The molecular weight excluding hydrogens is 374 g/mol. The summed E-state index contributed by atoms with van der Waals surface area (Å²) in [6, 6.07) is 16.6. The number of nitrogens with zero attached hydrogens (tertiary/aromatic N) is 3. The Kier molecular flexibility index (Phi) is 3.87. The van der Waals surface area contributed by atoms with E-state index in [0.717, 1.165) is 26.2 Å². The van der Waals surface area contributed by atoms with Gasteiger partial charge < -0.3 is 4.74 Å². The minimum absolute atomic E-state index is 0.206. The number of hydrogen-bond acceptors (Lipinski definition) is 6. The van der Waals surface area contributed by atoms with Crippen LogP contribution < -0.4 is 4.74 Å². The first-order valence-electron chi connectivity index (χ1n) is 8.59. The number of ether oxygens (including phenoxy) is 1. The van der Waals surface area contributed by atoms with Crippen LogP contribution in [0.3, 0.4) is 0 Å². The highest BCUT2D eigenvalue weighted by Gasteiger charge is 2.35. The molecule has 0 saturated heterocycles. The molecule has 2 amide bonds. The quantitative estimate of drug-likeness (QED) is 0.495. The first-order chi connectivity index (χ1) is 13.7. The molecule has 0 fully saturated rings. The summed E-state index contributed by atoms with van der Waals surface area (Å²) in [7, 11) is 0. The van der Waals surface area contributed by atoms with Crippen LogP contribution in [0.25, 0.3) is 21.3 Å². The predicted molar refractivity (Wildman–Crippen MR) is 105 cm³/mol. The number of carbonyl (C=O) groups is 2. The number of benzene rings is 2. The van der Waals surface area contributed by atoms with Crippen molar-refractivity contribution in [2.24, 2.45) is 0 Å². The second-order valence-electron chi connectivity index (χ2n) is 6.23. The Morgan fingerprint density at radius 1 is 0.857 bits per heavy atom. The van der Waals surface area contributed by atoms with Gasteiger partial charge in [0.15, 0.2) is 6.73 Å². The second kappa shape index (κ2) is 6.54. The number of thiophene rings is 1. The molecule has 0 aliphatic carbocycles. The van der Waals surface area contributed by atoms with Crippen LogP contribution in [-0.2, 0) is 0 Å². The molecule has 6 nitrogen and oxygen atoms in total. The van der Waals surface area contributed by atoms with Crippen LogP contribution in [0.15, 0.2) is 66.3 Å². The molecule has 28 heavy (non-hydrogen) atoms. The molecule has 0 unspecified atom stereocenters. The highest BCUT2D eigenvalue weighted by Crippen LogP contribution is 2.37. The molecule has 0 radical (unpaired) electrons. The third kappa shape index (κ3) is 2.56.